The molecule has 3 N–H and O–H groups in total. The van der Waals surface area contributed by atoms with Gasteiger partial charge in [-0.3, -0.25) is 0 Å². The van der Waals surface area contributed by atoms with Gasteiger partial charge in [0.25, 0.3) is 5.75 Å². The molecule has 66 valence electrons. The van der Waals surface area contributed by atoms with E-state index in [4.69, 9.17) is 15.8 Å². The van der Waals surface area contributed by atoms with Gasteiger partial charge in [0.05, 0.1) is 0 Å². The average molecular weight is 174 g/mol. The smallest absolute Gasteiger partial charge is 0.256 e. The van der Waals surface area contributed by atoms with E-state index in [1.54, 1.807) is 0 Å². The SMILES string of the molecule is OOc1cccc(OO)c1OO. The van der Waals surface area contributed by atoms with Crippen molar-refractivity contribution in [2.75, 3.05) is 0 Å². The van der Waals surface area contributed by atoms with Gasteiger partial charge >= 0.3 is 0 Å². The van der Waals surface area contributed by atoms with Gasteiger partial charge in [0.1, 0.15) is 0 Å². The largest absolute Gasteiger partial charge is 0.336 e. The standard InChI is InChI=1S/C6H6O6/c7-10-4-2-1-3-5(11-8)6(4)12-9/h1-3,7-9H. The Morgan fingerprint density at radius 2 is 1.33 bits per heavy atom. The number of para-hydroxylation sites is 1. The first-order chi connectivity index (χ1) is 5.83. The Kier molecular flexibility index (Phi) is 2.70. The van der Waals surface area contributed by atoms with Crippen LogP contribution in [-0.2, 0) is 0 Å². The molecule has 0 radical (unpaired) electrons. The highest BCUT2D eigenvalue weighted by Gasteiger charge is 2.13. The second kappa shape index (κ2) is 3.77. The molecular formula is C6H6O6. The minimum atomic E-state index is -0.317. The highest BCUT2D eigenvalue weighted by Crippen LogP contribution is 2.35. The Bertz CT molecular complexity index is 238. The summed E-state index contributed by atoms with van der Waals surface area (Å²) in [7, 11) is 0. The van der Waals surface area contributed by atoms with Gasteiger partial charge < -0.3 is 14.7 Å². The average Bonchev–Trinajstić information content (AvgIpc) is 2.16. The zero-order chi connectivity index (χ0) is 8.97. The summed E-state index contributed by atoms with van der Waals surface area (Å²) in [5.74, 6) is -0.671. The second-order valence-corrected chi connectivity index (χ2v) is 1.86. The highest BCUT2D eigenvalue weighted by molar-refractivity contribution is 5.50. The number of rotatable bonds is 3. The third-order valence-electron chi connectivity index (χ3n) is 1.23. The molecule has 1 aromatic rings. The Hall–Kier alpha value is -1.50. The topological polar surface area (TPSA) is 88.4 Å². The first-order valence-corrected chi connectivity index (χ1v) is 2.90. The molecule has 0 amide bonds. The van der Waals surface area contributed by atoms with E-state index in [1.165, 1.54) is 18.2 Å². The summed E-state index contributed by atoms with van der Waals surface area (Å²) in [6, 6.07) is 4.02. The van der Waals surface area contributed by atoms with E-state index in [1.807, 2.05) is 0 Å². The maximum absolute atomic E-state index is 8.28. The van der Waals surface area contributed by atoms with E-state index >= 15 is 0 Å². The van der Waals surface area contributed by atoms with Gasteiger partial charge in [-0.15, -0.1) is 0 Å². The molecule has 0 aromatic heterocycles. The summed E-state index contributed by atoms with van der Waals surface area (Å²) < 4.78 is 0. The van der Waals surface area contributed by atoms with Gasteiger partial charge in [-0.25, -0.2) is 15.8 Å². The van der Waals surface area contributed by atoms with Crippen molar-refractivity contribution in [1.82, 2.24) is 0 Å². The predicted molar refractivity (Wildman–Crippen MR) is 36.2 cm³/mol. The fourth-order valence-corrected chi connectivity index (χ4v) is 0.729. The molecule has 1 aromatic carbocycles. The normalized spacial score (nSPS) is 9.25. The molecular weight excluding hydrogens is 168 g/mol. The Balaban J connectivity index is 3.13. The molecule has 0 spiro atoms. The molecule has 6 nitrogen and oxygen atoms in total. The van der Waals surface area contributed by atoms with Gasteiger partial charge in [-0.1, -0.05) is 6.07 Å². The van der Waals surface area contributed by atoms with Crippen LogP contribution in [0.3, 0.4) is 0 Å². The van der Waals surface area contributed by atoms with Crippen molar-refractivity contribution in [3.63, 3.8) is 0 Å². The van der Waals surface area contributed by atoms with Crippen LogP contribution in [0.4, 0.5) is 0 Å². The predicted octanol–water partition coefficient (Wildman–Crippen LogP) is 1.24. The molecule has 0 bridgehead atoms. The summed E-state index contributed by atoms with van der Waals surface area (Å²) >= 11 is 0. The molecule has 0 aliphatic rings. The van der Waals surface area contributed by atoms with E-state index in [0.717, 1.165) is 0 Å². The number of benzene rings is 1. The van der Waals surface area contributed by atoms with Crippen molar-refractivity contribution in [2.45, 2.75) is 0 Å². The van der Waals surface area contributed by atoms with Gasteiger partial charge in [0.2, 0.25) is 11.5 Å². The summed E-state index contributed by atoms with van der Waals surface area (Å²) in [4.78, 5) is 11.4. The first-order valence-electron chi connectivity index (χ1n) is 2.90. The van der Waals surface area contributed by atoms with E-state index in [0.29, 0.717) is 0 Å². The molecule has 0 fully saturated rings. The van der Waals surface area contributed by atoms with Crippen LogP contribution in [0, 0.1) is 0 Å². The quantitative estimate of drug-likeness (QED) is 0.472. The van der Waals surface area contributed by atoms with Crippen LogP contribution in [0.2, 0.25) is 0 Å². The van der Waals surface area contributed by atoms with Crippen LogP contribution in [0.15, 0.2) is 18.2 Å². The molecule has 6 heteroatoms. The maximum atomic E-state index is 8.28. The van der Waals surface area contributed by atoms with Crippen LogP contribution in [0.25, 0.3) is 0 Å². The highest BCUT2D eigenvalue weighted by atomic mass is 17.1. The lowest BCUT2D eigenvalue weighted by atomic mass is 10.3. The molecule has 0 unspecified atom stereocenters. The lowest BCUT2D eigenvalue weighted by molar-refractivity contribution is -0.178. The van der Waals surface area contributed by atoms with E-state index in [9.17, 15) is 0 Å². The van der Waals surface area contributed by atoms with Crippen LogP contribution in [-0.4, -0.2) is 15.8 Å². The molecule has 0 aliphatic carbocycles. The van der Waals surface area contributed by atoms with E-state index in [2.05, 4.69) is 14.7 Å². The first kappa shape index (κ1) is 8.60. The summed E-state index contributed by atoms with van der Waals surface area (Å²) in [5, 5.41) is 24.8. The zero-order valence-electron chi connectivity index (χ0n) is 5.80. The fourth-order valence-electron chi connectivity index (χ4n) is 0.729. The molecule has 0 heterocycles. The van der Waals surface area contributed by atoms with Crippen LogP contribution >= 0.6 is 0 Å². The van der Waals surface area contributed by atoms with Crippen molar-refractivity contribution in [3.8, 4) is 17.2 Å². The number of hydrogen-bond donors (Lipinski definition) is 3. The second-order valence-electron chi connectivity index (χ2n) is 1.86. The lowest BCUT2D eigenvalue weighted by Crippen LogP contribution is -1.94. The van der Waals surface area contributed by atoms with Crippen molar-refractivity contribution in [2.24, 2.45) is 0 Å². The monoisotopic (exact) mass is 174 g/mol. The summed E-state index contributed by atoms with van der Waals surface area (Å²) in [5.41, 5.74) is 0. The van der Waals surface area contributed by atoms with Crippen molar-refractivity contribution in [3.05, 3.63) is 18.2 Å². The Morgan fingerprint density at radius 1 is 0.833 bits per heavy atom. The van der Waals surface area contributed by atoms with Gasteiger partial charge in [-0.2, -0.15) is 0 Å². The van der Waals surface area contributed by atoms with Crippen molar-refractivity contribution in [1.29, 1.82) is 0 Å². The van der Waals surface area contributed by atoms with E-state index < -0.39 is 0 Å². The van der Waals surface area contributed by atoms with Gasteiger partial charge in [0, 0.05) is 0 Å². The van der Waals surface area contributed by atoms with Crippen LogP contribution in [0.1, 0.15) is 0 Å². The lowest BCUT2D eigenvalue weighted by Gasteiger charge is -2.05. The Labute approximate surface area is 66.9 Å². The minimum absolute atomic E-state index is 0.177. The van der Waals surface area contributed by atoms with Crippen molar-refractivity contribution < 1.29 is 30.4 Å². The van der Waals surface area contributed by atoms with E-state index in [-0.39, 0.29) is 17.2 Å². The molecule has 0 saturated carbocycles. The summed E-state index contributed by atoms with van der Waals surface area (Å²) in [6.45, 7) is 0. The third kappa shape index (κ3) is 1.40. The Morgan fingerprint density at radius 3 is 1.67 bits per heavy atom. The molecule has 0 aliphatic heterocycles. The minimum Gasteiger partial charge on any atom is -0.336 e. The van der Waals surface area contributed by atoms with Crippen LogP contribution in [0.5, 0.6) is 17.2 Å². The third-order valence-corrected chi connectivity index (χ3v) is 1.23. The molecule has 1 rings (SSSR count). The molecule has 0 saturated heterocycles. The maximum Gasteiger partial charge on any atom is 0.256 e. The van der Waals surface area contributed by atoms with Crippen LogP contribution < -0.4 is 14.7 Å². The van der Waals surface area contributed by atoms with Gasteiger partial charge in [-0.05, 0) is 12.1 Å². The van der Waals surface area contributed by atoms with Gasteiger partial charge in [0.15, 0.2) is 0 Å². The molecule has 0 atom stereocenters. The fraction of sp³-hybridized carbons (Fsp3) is 0. The number of hydrogen-bond acceptors (Lipinski definition) is 6. The van der Waals surface area contributed by atoms with Crippen molar-refractivity contribution >= 4 is 0 Å². The zero-order valence-corrected chi connectivity index (χ0v) is 5.80. The molecule has 12 heavy (non-hydrogen) atoms. The summed E-state index contributed by atoms with van der Waals surface area (Å²) in [6.07, 6.45) is 0.